The van der Waals surface area contributed by atoms with Gasteiger partial charge in [-0.25, -0.2) is 14.8 Å². The number of hydrogen-bond acceptors (Lipinski definition) is 8. The molecule has 4 heterocycles. The molecule has 3 unspecified atom stereocenters. The average Bonchev–Trinajstić information content (AvgIpc) is 3.84. The first kappa shape index (κ1) is 25.2. The molecule has 4 fully saturated rings. The van der Waals surface area contributed by atoms with Crippen LogP contribution in [0, 0.1) is 17.8 Å². The summed E-state index contributed by atoms with van der Waals surface area (Å²) in [7, 11) is 0. The minimum atomic E-state index is -0.297. The Morgan fingerprint density at radius 3 is 2.67 bits per heavy atom. The molecule has 2 aromatic heterocycles. The van der Waals surface area contributed by atoms with Crippen LogP contribution in [0.5, 0.6) is 5.88 Å². The fourth-order valence-corrected chi connectivity index (χ4v) is 7.01. The smallest absolute Gasteiger partial charge is 0.410 e. The lowest BCUT2D eigenvalue weighted by atomic mass is 9.84. The van der Waals surface area contributed by atoms with Crippen LogP contribution in [-0.4, -0.2) is 64.8 Å². The third kappa shape index (κ3) is 4.89. The highest BCUT2D eigenvalue weighted by Crippen LogP contribution is 2.43. The minimum absolute atomic E-state index is 0.0252. The Morgan fingerprint density at radius 1 is 1.18 bits per heavy atom. The Morgan fingerprint density at radius 2 is 1.95 bits per heavy atom. The van der Waals surface area contributed by atoms with Crippen molar-refractivity contribution in [1.82, 2.24) is 14.9 Å². The fourth-order valence-electron chi connectivity index (χ4n) is 5.71. The monoisotopic (exact) mass is 567 g/mol. The second-order valence-corrected chi connectivity index (χ2v) is 12.9. The van der Waals surface area contributed by atoms with Crippen LogP contribution in [0.25, 0.3) is 10.2 Å². The maximum atomic E-state index is 12.8. The van der Waals surface area contributed by atoms with Gasteiger partial charge >= 0.3 is 6.09 Å². The van der Waals surface area contributed by atoms with Gasteiger partial charge in [0.1, 0.15) is 22.7 Å². The maximum Gasteiger partial charge on any atom is 0.410 e. The zero-order valence-corrected chi connectivity index (χ0v) is 23.2. The van der Waals surface area contributed by atoms with Crippen molar-refractivity contribution in [3.63, 3.8) is 0 Å². The van der Waals surface area contributed by atoms with Crippen LogP contribution in [0.1, 0.15) is 44.1 Å². The lowest BCUT2D eigenvalue weighted by Crippen LogP contribution is -2.59. The van der Waals surface area contributed by atoms with Gasteiger partial charge in [0.05, 0.1) is 18.7 Å². The SMILES string of the molecule is CC1(OC(=O)N2CC3COCC(C2)C3Oc2ncnc3c(C4C=CC=C(C(=O)C5CC5)C=C4Cl)csc23)CC1. The first-order valence-corrected chi connectivity index (χ1v) is 14.9. The van der Waals surface area contributed by atoms with E-state index >= 15 is 0 Å². The van der Waals surface area contributed by atoms with E-state index in [0.29, 0.717) is 42.8 Å². The van der Waals surface area contributed by atoms with Crippen molar-refractivity contribution in [2.24, 2.45) is 17.8 Å². The van der Waals surface area contributed by atoms with Gasteiger partial charge in [0.25, 0.3) is 0 Å². The number of likely N-dealkylation sites (tertiary alicyclic amines) is 1. The van der Waals surface area contributed by atoms with E-state index in [1.54, 1.807) is 6.08 Å². The van der Waals surface area contributed by atoms with E-state index in [0.717, 1.165) is 41.5 Å². The molecule has 2 bridgehead atoms. The number of amides is 1. The second-order valence-electron chi connectivity index (χ2n) is 11.6. The number of piperidine rings is 1. The zero-order valence-electron chi connectivity index (χ0n) is 21.7. The quantitative estimate of drug-likeness (QED) is 0.462. The number of hydrogen-bond donors (Lipinski definition) is 0. The highest BCUT2D eigenvalue weighted by atomic mass is 35.5. The zero-order chi connectivity index (χ0) is 26.7. The maximum absolute atomic E-state index is 12.8. The summed E-state index contributed by atoms with van der Waals surface area (Å²) in [6.45, 7) is 4.09. The van der Waals surface area contributed by atoms with E-state index in [4.69, 9.17) is 25.8 Å². The Kier molecular flexibility index (Phi) is 6.28. The van der Waals surface area contributed by atoms with E-state index in [1.165, 1.54) is 17.7 Å². The molecule has 10 heteroatoms. The molecule has 3 atom stereocenters. The number of ether oxygens (including phenoxy) is 3. The molecular formula is C29H30ClN3O5S. The van der Waals surface area contributed by atoms with Gasteiger partial charge in [0.15, 0.2) is 5.78 Å². The molecule has 0 radical (unpaired) electrons. The first-order chi connectivity index (χ1) is 18.9. The van der Waals surface area contributed by atoms with Gasteiger partial charge in [-0.3, -0.25) is 4.79 Å². The number of nitrogens with zero attached hydrogens (tertiary/aromatic N) is 3. The molecule has 0 N–H and O–H groups in total. The van der Waals surface area contributed by atoms with Crippen molar-refractivity contribution in [3.05, 3.63) is 52.2 Å². The summed E-state index contributed by atoms with van der Waals surface area (Å²) in [5, 5.41) is 2.64. The molecule has 3 aliphatic carbocycles. The molecule has 7 rings (SSSR count). The van der Waals surface area contributed by atoms with Crippen LogP contribution >= 0.6 is 22.9 Å². The number of carbonyl (C=O) groups excluding carboxylic acids is 2. The molecule has 39 heavy (non-hydrogen) atoms. The summed E-state index contributed by atoms with van der Waals surface area (Å²) in [5.41, 5.74) is 2.12. The highest BCUT2D eigenvalue weighted by molar-refractivity contribution is 7.17. The van der Waals surface area contributed by atoms with Crippen LogP contribution in [0.3, 0.4) is 0 Å². The van der Waals surface area contributed by atoms with Crippen molar-refractivity contribution < 1.29 is 23.8 Å². The highest BCUT2D eigenvalue weighted by Gasteiger charge is 2.47. The number of rotatable bonds is 6. The van der Waals surface area contributed by atoms with Gasteiger partial charge in [-0.1, -0.05) is 29.8 Å². The molecule has 2 aliphatic heterocycles. The van der Waals surface area contributed by atoms with Gasteiger partial charge in [0, 0.05) is 52.9 Å². The lowest BCUT2D eigenvalue weighted by molar-refractivity contribution is -0.116. The molecule has 0 spiro atoms. The Bertz CT molecular complexity index is 1410. The number of aromatic nitrogens is 2. The molecule has 5 aliphatic rings. The number of ketones is 1. The normalized spacial score (nSPS) is 29.3. The molecule has 2 aromatic rings. The third-order valence-electron chi connectivity index (χ3n) is 8.38. The summed E-state index contributed by atoms with van der Waals surface area (Å²) in [6.07, 6.45) is 12.5. The minimum Gasteiger partial charge on any atom is -0.472 e. The van der Waals surface area contributed by atoms with Gasteiger partial charge < -0.3 is 19.1 Å². The first-order valence-electron chi connectivity index (χ1n) is 13.6. The van der Waals surface area contributed by atoms with Crippen molar-refractivity contribution >= 4 is 45.0 Å². The molecular weight excluding hydrogens is 538 g/mol. The van der Waals surface area contributed by atoms with Crippen LogP contribution in [0.4, 0.5) is 4.79 Å². The van der Waals surface area contributed by atoms with E-state index < -0.39 is 0 Å². The van der Waals surface area contributed by atoms with Crippen LogP contribution in [0.15, 0.2) is 46.6 Å². The van der Waals surface area contributed by atoms with Crippen molar-refractivity contribution in [2.75, 3.05) is 26.3 Å². The molecule has 1 amide bonds. The predicted molar refractivity (Wildman–Crippen MR) is 147 cm³/mol. The number of carbonyl (C=O) groups is 2. The molecule has 8 nitrogen and oxygen atoms in total. The standard InChI is InChI=1S/C29H30ClN3O5S/c1-29(7-8-29)38-28(35)33-10-18-12-36-13-19(11-33)25(18)37-27-26-23(31-15-32-27)21(14-39-26)20-4-2-3-17(9-22(20)30)24(34)16-5-6-16/h2-4,9,14-16,18-20,25H,5-8,10-13H2,1H3. The summed E-state index contributed by atoms with van der Waals surface area (Å²) < 4.78 is 19.0. The summed E-state index contributed by atoms with van der Waals surface area (Å²) >= 11 is 8.31. The van der Waals surface area contributed by atoms with Gasteiger partial charge in [0.2, 0.25) is 5.88 Å². The van der Waals surface area contributed by atoms with Crippen molar-refractivity contribution in [2.45, 2.75) is 50.2 Å². The molecule has 0 aromatic carbocycles. The predicted octanol–water partition coefficient (Wildman–Crippen LogP) is 5.39. The lowest BCUT2D eigenvalue weighted by Gasteiger charge is -2.46. The summed E-state index contributed by atoms with van der Waals surface area (Å²) in [4.78, 5) is 36.3. The van der Waals surface area contributed by atoms with Crippen LogP contribution in [-0.2, 0) is 14.3 Å². The van der Waals surface area contributed by atoms with Crippen LogP contribution in [0.2, 0.25) is 0 Å². The number of halogens is 1. The number of Topliss-reactive ketones (excluding diaryl/α,β-unsaturated/α-hetero) is 1. The topological polar surface area (TPSA) is 90.8 Å². The second kappa shape index (κ2) is 9.71. The number of allylic oxidation sites excluding steroid dienone is 6. The average molecular weight is 568 g/mol. The fraction of sp³-hybridized carbons (Fsp3) is 0.517. The van der Waals surface area contributed by atoms with Gasteiger partial charge in [-0.15, -0.1) is 11.3 Å². The van der Waals surface area contributed by atoms with E-state index in [-0.39, 0.29) is 47.3 Å². The molecule has 204 valence electrons. The molecule has 2 saturated heterocycles. The Balaban J connectivity index is 1.11. The summed E-state index contributed by atoms with van der Waals surface area (Å²) in [6, 6.07) is 0. The van der Waals surface area contributed by atoms with Crippen LogP contribution < -0.4 is 4.74 Å². The Labute approximate surface area is 235 Å². The largest absolute Gasteiger partial charge is 0.472 e. The summed E-state index contributed by atoms with van der Waals surface area (Å²) in [5.74, 6) is 0.691. The third-order valence-corrected chi connectivity index (χ3v) is 9.70. The number of fused-ring (bicyclic) bond motifs is 3. The van der Waals surface area contributed by atoms with Crippen molar-refractivity contribution in [1.29, 1.82) is 0 Å². The Hall–Kier alpha value is -2.75. The van der Waals surface area contributed by atoms with Crippen molar-refractivity contribution in [3.8, 4) is 5.88 Å². The van der Waals surface area contributed by atoms with Gasteiger partial charge in [-0.05, 0) is 44.1 Å². The van der Waals surface area contributed by atoms with E-state index in [2.05, 4.69) is 9.97 Å². The van der Waals surface area contributed by atoms with E-state index in [1.807, 2.05) is 35.4 Å². The number of thiophene rings is 1. The molecule has 2 saturated carbocycles. The van der Waals surface area contributed by atoms with Gasteiger partial charge in [-0.2, -0.15) is 0 Å². The van der Waals surface area contributed by atoms with E-state index in [9.17, 15) is 9.59 Å².